The number of fused-ring (bicyclic) bond motifs is 1. The lowest BCUT2D eigenvalue weighted by Gasteiger charge is -2.32. The van der Waals surface area contributed by atoms with Gasteiger partial charge in [0, 0.05) is 42.8 Å². The van der Waals surface area contributed by atoms with Crippen LogP contribution in [0.15, 0.2) is 53.3 Å². The number of piperidine rings is 1. The third kappa shape index (κ3) is 4.13. The second kappa shape index (κ2) is 8.20. The molecule has 1 aliphatic heterocycles. The lowest BCUT2D eigenvalue weighted by molar-refractivity contribution is -0.116. The lowest BCUT2D eigenvalue weighted by atomic mass is 10.0. The van der Waals surface area contributed by atoms with Gasteiger partial charge in [0.25, 0.3) is 0 Å². The van der Waals surface area contributed by atoms with E-state index >= 15 is 0 Å². The van der Waals surface area contributed by atoms with Crippen LogP contribution >= 0.6 is 11.6 Å². The highest BCUT2D eigenvalue weighted by molar-refractivity contribution is 6.30. The van der Waals surface area contributed by atoms with Gasteiger partial charge in [0.1, 0.15) is 0 Å². The predicted octanol–water partition coefficient (Wildman–Crippen LogP) is 3.65. The van der Waals surface area contributed by atoms with E-state index in [1.54, 1.807) is 24.3 Å². The van der Waals surface area contributed by atoms with Gasteiger partial charge in [0.2, 0.25) is 5.91 Å². The molecule has 1 fully saturated rings. The van der Waals surface area contributed by atoms with Gasteiger partial charge in [-0.2, -0.15) is 0 Å². The number of likely N-dealkylation sites (tertiary alicyclic amines) is 1. The van der Waals surface area contributed by atoms with Gasteiger partial charge in [-0.05, 0) is 49.2 Å². The number of benzene rings is 2. The fourth-order valence-corrected chi connectivity index (χ4v) is 3.98. The molecule has 0 saturated carbocycles. The maximum Gasteiger partial charge on any atom is 0.326 e. The second-order valence-corrected chi connectivity index (χ2v) is 7.63. The van der Waals surface area contributed by atoms with E-state index in [2.05, 4.69) is 15.2 Å². The highest BCUT2D eigenvalue weighted by Crippen LogP contribution is 2.24. The molecule has 3 aromatic rings. The number of halogens is 1. The standard InChI is InChI=1S/C21H23ClN4O2/c22-15-5-7-16(8-6-15)23-20(27)11-14-25-12-9-17(10-13-25)26-19-4-2-1-3-18(19)24-21(26)28/h1-8,17H,9-14H2,(H,23,27)(H,24,28). The Labute approximate surface area is 168 Å². The molecule has 2 N–H and O–H groups in total. The van der Waals surface area contributed by atoms with Crippen molar-refractivity contribution in [2.24, 2.45) is 0 Å². The van der Waals surface area contributed by atoms with Crippen molar-refractivity contribution in [3.8, 4) is 0 Å². The molecule has 1 saturated heterocycles. The van der Waals surface area contributed by atoms with Gasteiger partial charge in [0.05, 0.1) is 11.0 Å². The van der Waals surface area contributed by atoms with Crippen LogP contribution in [0.4, 0.5) is 5.69 Å². The van der Waals surface area contributed by atoms with E-state index in [1.807, 2.05) is 28.8 Å². The second-order valence-electron chi connectivity index (χ2n) is 7.20. The largest absolute Gasteiger partial charge is 0.326 e. The topological polar surface area (TPSA) is 70.1 Å². The molecule has 0 spiro atoms. The normalized spacial score (nSPS) is 15.8. The number of nitrogens with one attached hydrogen (secondary N) is 2. The minimum atomic E-state index is -0.0398. The Bertz CT molecular complexity index is 1020. The van der Waals surface area contributed by atoms with E-state index in [-0.39, 0.29) is 17.6 Å². The fourth-order valence-electron chi connectivity index (χ4n) is 3.85. The molecule has 1 amide bonds. The number of para-hydroxylation sites is 2. The highest BCUT2D eigenvalue weighted by atomic mass is 35.5. The lowest BCUT2D eigenvalue weighted by Crippen LogP contribution is -2.38. The smallest absolute Gasteiger partial charge is 0.326 e. The number of carbonyl (C=O) groups is 1. The third-order valence-electron chi connectivity index (χ3n) is 5.33. The quantitative estimate of drug-likeness (QED) is 0.689. The van der Waals surface area contributed by atoms with E-state index in [0.29, 0.717) is 11.4 Å². The summed E-state index contributed by atoms with van der Waals surface area (Å²) >= 11 is 5.86. The average Bonchev–Trinajstić information content (AvgIpc) is 3.04. The molecule has 0 atom stereocenters. The number of H-pyrrole nitrogens is 1. The van der Waals surface area contributed by atoms with Crippen molar-refractivity contribution in [3.63, 3.8) is 0 Å². The number of rotatable bonds is 5. The zero-order valence-corrected chi connectivity index (χ0v) is 16.3. The summed E-state index contributed by atoms with van der Waals surface area (Å²) in [7, 11) is 0. The summed E-state index contributed by atoms with van der Waals surface area (Å²) in [6, 6.07) is 15.1. The van der Waals surface area contributed by atoms with Gasteiger partial charge in [0.15, 0.2) is 0 Å². The molecule has 7 heteroatoms. The van der Waals surface area contributed by atoms with Crippen LogP contribution in [0.1, 0.15) is 25.3 Å². The molecule has 0 unspecified atom stereocenters. The van der Waals surface area contributed by atoms with Crippen LogP contribution < -0.4 is 11.0 Å². The Balaban J connectivity index is 1.29. The molecule has 0 bridgehead atoms. The van der Waals surface area contributed by atoms with Crippen molar-refractivity contribution in [1.29, 1.82) is 0 Å². The van der Waals surface area contributed by atoms with E-state index in [1.165, 1.54) is 0 Å². The van der Waals surface area contributed by atoms with Gasteiger partial charge in [-0.1, -0.05) is 23.7 Å². The van der Waals surface area contributed by atoms with Crippen molar-refractivity contribution >= 4 is 34.2 Å². The number of amides is 1. The van der Waals surface area contributed by atoms with Gasteiger partial charge in [-0.3, -0.25) is 9.36 Å². The number of aromatic nitrogens is 2. The summed E-state index contributed by atoms with van der Waals surface area (Å²) in [5, 5.41) is 3.54. The molecule has 146 valence electrons. The highest BCUT2D eigenvalue weighted by Gasteiger charge is 2.23. The number of nitrogens with zero attached hydrogens (tertiary/aromatic N) is 2. The van der Waals surface area contributed by atoms with Crippen LogP contribution in [0.25, 0.3) is 11.0 Å². The number of hydrogen-bond acceptors (Lipinski definition) is 3. The molecule has 6 nitrogen and oxygen atoms in total. The first-order chi connectivity index (χ1) is 13.6. The molecular formula is C21H23ClN4O2. The van der Waals surface area contributed by atoms with E-state index in [9.17, 15) is 9.59 Å². The van der Waals surface area contributed by atoms with Gasteiger partial charge < -0.3 is 15.2 Å². The summed E-state index contributed by atoms with van der Waals surface area (Å²) in [4.78, 5) is 29.7. The molecule has 2 aromatic carbocycles. The Morgan fingerprint density at radius 1 is 1.11 bits per heavy atom. The molecule has 0 radical (unpaired) electrons. The monoisotopic (exact) mass is 398 g/mol. The van der Waals surface area contributed by atoms with Crippen molar-refractivity contribution in [3.05, 3.63) is 64.0 Å². The Hall–Kier alpha value is -2.57. The number of carbonyl (C=O) groups excluding carboxylic acids is 1. The van der Waals surface area contributed by atoms with Crippen molar-refractivity contribution < 1.29 is 4.79 Å². The maximum atomic E-state index is 12.4. The summed E-state index contributed by atoms with van der Waals surface area (Å²) in [6.07, 6.45) is 2.25. The molecule has 4 rings (SSSR count). The SMILES string of the molecule is O=C(CCN1CCC(n2c(=O)[nH]c3ccccc32)CC1)Nc1ccc(Cl)cc1. The van der Waals surface area contributed by atoms with E-state index < -0.39 is 0 Å². The van der Waals surface area contributed by atoms with Crippen LogP contribution in [0.3, 0.4) is 0 Å². The zero-order chi connectivity index (χ0) is 19.5. The van der Waals surface area contributed by atoms with Crippen LogP contribution in [0.2, 0.25) is 5.02 Å². The minimum Gasteiger partial charge on any atom is -0.326 e. The Morgan fingerprint density at radius 3 is 2.57 bits per heavy atom. The Morgan fingerprint density at radius 2 is 1.82 bits per heavy atom. The molecule has 2 heterocycles. The number of aromatic amines is 1. The van der Waals surface area contributed by atoms with Crippen LogP contribution in [-0.4, -0.2) is 40.0 Å². The summed E-state index contributed by atoms with van der Waals surface area (Å²) in [5.41, 5.74) is 2.57. The van der Waals surface area contributed by atoms with Crippen LogP contribution in [0, 0.1) is 0 Å². The third-order valence-corrected chi connectivity index (χ3v) is 5.58. The number of hydrogen-bond donors (Lipinski definition) is 2. The Kier molecular flexibility index (Phi) is 5.50. The van der Waals surface area contributed by atoms with Crippen LogP contribution in [-0.2, 0) is 4.79 Å². The summed E-state index contributed by atoms with van der Waals surface area (Å²) in [6.45, 7) is 2.48. The first-order valence-electron chi connectivity index (χ1n) is 9.57. The summed E-state index contributed by atoms with van der Waals surface area (Å²) in [5.74, 6) is -0.00251. The molecule has 1 aromatic heterocycles. The molecule has 0 aliphatic carbocycles. The van der Waals surface area contributed by atoms with Crippen molar-refractivity contribution in [2.45, 2.75) is 25.3 Å². The minimum absolute atomic E-state index is 0.00251. The number of imidazole rings is 1. The zero-order valence-electron chi connectivity index (χ0n) is 15.5. The van der Waals surface area contributed by atoms with Gasteiger partial charge >= 0.3 is 5.69 Å². The molecule has 28 heavy (non-hydrogen) atoms. The van der Waals surface area contributed by atoms with Crippen LogP contribution in [0.5, 0.6) is 0 Å². The van der Waals surface area contributed by atoms with Crippen molar-refractivity contribution in [2.75, 3.05) is 25.0 Å². The van der Waals surface area contributed by atoms with Gasteiger partial charge in [-0.15, -0.1) is 0 Å². The average molecular weight is 399 g/mol. The predicted molar refractivity (Wildman–Crippen MR) is 112 cm³/mol. The van der Waals surface area contributed by atoms with Gasteiger partial charge in [-0.25, -0.2) is 4.79 Å². The fraction of sp³-hybridized carbons (Fsp3) is 0.333. The maximum absolute atomic E-state index is 12.4. The molecule has 1 aliphatic rings. The summed E-state index contributed by atoms with van der Waals surface area (Å²) < 4.78 is 1.89. The van der Waals surface area contributed by atoms with E-state index in [4.69, 9.17) is 11.6 Å². The molecular weight excluding hydrogens is 376 g/mol. The first-order valence-corrected chi connectivity index (χ1v) is 9.95. The van der Waals surface area contributed by atoms with Crippen molar-refractivity contribution in [1.82, 2.24) is 14.5 Å². The van der Waals surface area contributed by atoms with E-state index in [0.717, 1.165) is 49.2 Å². The number of anilines is 1. The first kappa shape index (κ1) is 18.8.